The number of furan rings is 1. The van der Waals surface area contributed by atoms with E-state index in [1.165, 1.54) is 19.3 Å². The summed E-state index contributed by atoms with van der Waals surface area (Å²) in [6.07, 6.45) is 6.09. The second kappa shape index (κ2) is 11.8. The molecule has 1 aromatic carbocycles. The lowest BCUT2D eigenvalue weighted by Crippen LogP contribution is -2.53. The second-order valence-corrected chi connectivity index (χ2v) is 9.21. The first-order valence-electron chi connectivity index (χ1n) is 12.2. The molecule has 4 N–H and O–H groups in total. The molecule has 9 nitrogen and oxygen atoms in total. The van der Waals surface area contributed by atoms with E-state index in [0.29, 0.717) is 11.3 Å². The summed E-state index contributed by atoms with van der Waals surface area (Å²) in [6.45, 7) is 0.211. The lowest BCUT2D eigenvalue weighted by atomic mass is 9.83. The van der Waals surface area contributed by atoms with Gasteiger partial charge in [-0.25, -0.2) is 10.8 Å². The van der Waals surface area contributed by atoms with Crippen LogP contribution in [0.15, 0.2) is 59.1 Å². The summed E-state index contributed by atoms with van der Waals surface area (Å²) >= 11 is 0. The fourth-order valence-corrected chi connectivity index (χ4v) is 4.56. The van der Waals surface area contributed by atoms with Gasteiger partial charge in [0.1, 0.15) is 11.8 Å². The van der Waals surface area contributed by atoms with Crippen LogP contribution in [0.4, 0.5) is 4.39 Å². The molecular weight excluding hydrogens is 477 g/mol. The summed E-state index contributed by atoms with van der Waals surface area (Å²) < 4.78 is 19.1. The van der Waals surface area contributed by atoms with Gasteiger partial charge in [-0.2, -0.15) is 4.39 Å². The number of aromatic nitrogens is 1. The van der Waals surface area contributed by atoms with E-state index >= 15 is 0 Å². The van der Waals surface area contributed by atoms with E-state index in [1.54, 1.807) is 18.2 Å². The third kappa shape index (κ3) is 6.59. The topological polar surface area (TPSA) is 131 Å². The van der Waals surface area contributed by atoms with Crippen LogP contribution in [0.3, 0.4) is 0 Å². The number of halogens is 1. The highest BCUT2D eigenvalue weighted by molar-refractivity contribution is 5.96. The highest BCUT2D eigenvalue weighted by Gasteiger charge is 2.33. The summed E-state index contributed by atoms with van der Waals surface area (Å²) in [5, 5.41) is 6.59. The Hall–Kier alpha value is -4.05. The summed E-state index contributed by atoms with van der Waals surface area (Å²) in [5.74, 6) is 4.31. The van der Waals surface area contributed by atoms with Gasteiger partial charge in [0.2, 0.25) is 5.95 Å². The van der Waals surface area contributed by atoms with Gasteiger partial charge in [-0.3, -0.25) is 19.4 Å². The van der Waals surface area contributed by atoms with Crippen molar-refractivity contribution in [3.8, 4) is 11.3 Å². The van der Waals surface area contributed by atoms with E-state index in [2.05, 4.69) is 15.6 Å². The van der Waals surface area contributed by atoms with Crippen molar-refractivity contribution in [3.63, 3.8) is 0 Å². The van der Waals surface area contributed by atoms with Crippen molar-refractivity contribution < 1.29 is 23.2 Å². The van der Waals surface area contributed by atoms with Crippen LogP contribution in [0.5, 0.6) is 0 Å². The molecule has 2 aromatic heterocycles. The fourth-order valence-electron chi connectivity index (χ4n) is 4.56. The van der Waals surface area contributed by atoms with Gasteiger partial charge in [-0.1, -0.05) is 37.5 Å². The van der Waals surface area contributed by atoms with Gasteiger partial charge in [-0.15, -0.1) is 0 Å². The number of benzene rings is 1. The van der Waals surface area contributed by atoms with Gasteiger partial charge in [-0.05, 0) is 48.6 Å². The number of pyridine rings is 1. The lowest BCUT2D eigenvalue weighted by molar-refractivity contribution is -0.133. The maximum absolute atomic E-state index is 13.3. The van der Waals surface area contributed by atoms with E-state index in [4.69, 9.17) is 10.3 Å². The summed E-state index contributed by atoms with van der Waals surface area (Å²) in [4.78, 5) is 41.4. The number of hydrogen-bond acceptors (Lipinski definition) is 6. The van der Waals surface area contributed by atoms with Crippen molar-refractivity contribution >= 4 is 17.7 Å². The summed E-state index contributed by atoms with van der Waals surface area (Å²) in [6, 6.07) is 12.3. The van der Waals surface area contributed by atoms with Crippen LogP contribution in [0.1, 0.15) is 58.6 Å². The lowest BCUT2D eigenvalue weighted by Gasteiger charge is -2.31. The first-order valence-corrected chi connectivity index (χ1v) is 12.2. The van der Waals surface area contributed by atoms with Crippen molar-refractivity contribution in [2.45, 2.75) is 44.7 Å². The van der Waals surface area contributed by atoms with Crippen molar-refractivity contribution in [1.82, 2.24) is 20.6 Å². The average Bonchev–Trinajstić information content (AvgIpc) is 3.41. The number of carbonyl (C=O) groups is 3. The minimum atomic E-state index is -0.725. The molecule has 4 rings (SSSR count). The quantitative estimate of drug-likeness (QED) is 0.185. The predicted octanol–water partition coefficient (Wildman–Crippen LogP) is 3.42. The van der Waals surface area contributed by atoms with Crippen LogP contribution in [0.25, 0.3) is 11.3 Å². The largest absolute Gasteiger partial charge is 0.451 e. The molecule has 0 radical (unpaired) electrons. The molecule has 1 aliphatic rings. The van der Waals surface area contributed by atoms with Crippen LogP contribution < -0.4 is 16.5 Å². The highest BCUT2D eigenvalue weighted by atomic mass is 19.1. The zero-order valence-electron chi connectivity index (χ0n) is 20.6. The average molecular weight is 508 g/mol. The van der Waals surface area contributed by atoms with E-state index in [0.717, 1.165) is 48.7 Å². The van der Waals surface area contributed by atoms with E-state index < -0.39 is 23.8 Å². The van der Waals surface area contributed by atoms with E-state index in [-0.39, 0.29) is 29.7 Å². The summed E-state index contributed by atoms with van der Waals surface area (Å²) in [7, 11) is 1.47. The molecule has 0 aliphatic heterocycles. The minimum absolute atomic E-state index is 0.0289. The van der Waals surface area contributed by atoms with Crippen molar-refractivity contribution in [3.05, 3.63) is 77.6 Å². The first-order chi connectivity index (χ1) is 17.8. The Morgan fingerprint density at radius 3 is 2.62 bits per heavy atom. The number of nitrogens with zero attached hydrogens (tertiary/aromatic N) is 2. The van der Waals surface area contributed by atoms with Crippen molar-refractivity contribution in [2.75, 3.05) is 7.05 Å². The number of hydrogen-bond donors (Lipinski definition) is 3. The Labute approximate surface area is 214 Å². The van der Waals surface area contributed by atoms with Crippen LogP contribution in [-0.4, -0.2) is 40.8 Å². The molecule has 0 bridgehead atoms. The molecule has 37 heavy (non-hydrogen) atoms. The molecule has 3 aromatic rings. The molecular formula is C27H30FN5O4. The maximum atomic E-state index is 13.3. The van der Waals surface area contributed by atoms with Crippen LogP contribution in [-0.2, 0) is 11.3 Å². The van der Waals surface area contributed by atoms with Crippen molar-refractivity contribution in [1.29, 1.82) is 0 Å². The molecule has 1 fully saturated rings. The monoisotopic (exact) mass is 507 g/mol. The third-order valence-corrected chi connectivity index (χ3v) is 6.50. The molecule has 1 atom stereocenters. The molecule has 1 aliphatic carbocycles. The predicted molar refractivity (Wildman–Crippen MR) is 134 cm³/mol. The molecule has 0 unspecified atom stereocenters. The number of nitrogens with two attached hydrogens (primary N) is 1. The minimum Gasteiger partial charge on any atom is -0.451 e. The van der Waals surface area contributed by atoms with E-state index in [9.17, 15) is 18.8 Å². The Morgan fingerprint density at radius 2 is 1.89 bits per heavy atom. The summed E-state index contributed by atoms with van der Waals surface area (Å²) in [5.41, 5.74) is 1.68. The number of likely N-dealkylation sites (N-methyl/N-ethyl adjacent to an activating group) is 1. The number of rotatable bonds is 8. The van der Waals surface area contributed by atoms with Gasteiger partial charge < -0.3 is 15.1 Å². The Kier molecular flexibility index (Phi) is 8.29. The van der Waals surface area contributed by atoms with Crippen molar-refractivity contribution in [2.24, 2.45) is 11.8 Å². The maximum Gasteiger partial charge on any atom is 0.287 e. The Morgan fingerprint density at radius 1 is 1.11 bits per heavy atom. The zero-order valence-corrected chi connectivity index (χ0v) is 20.6. The molecule has 10 heteroatoms. The smallest absolute Gasteiger partial charge is 0.287 e. The third-order valence-electron chi connectivity index (χ3n) is 6.50. The van der Waals surface area contributed by atoms with Crippen LogP contribution in [0, 0.1) is 11.9 Å². The first kappa shape index (κ1) is 26.0. The zero-order chi connectivity index (χ0) is 26.4. The molecule has 3 amide bonds. The van der Waals surface area contributed by atoms with Gasteiger partial charge in [0, 0.05) is 37.0 Å². The Balaban J connectivity index is 1.42. The van der Waals surface area contributed by atoms with Gasteiger partial charge in [0.15, 0.2) is 5.76 Å². The molecule has 2 heterocycles. The molecule has 1 saturated carbocycles. The van der Waals surface area contributed by atoms with Crippen LogP contribution in [0.2, 0.25) is 0 Å². The van der Waals surface area contributed by atoms with Gasteiger partial charge in [0.25, 0.3) is 17.7 Å². The fraction of sp³-hybridized carbons (Fsp3) is 0.333. The number of nitrogens with one attached hydrogen (secondary N) is 2. The molecule has 194 valence electrons. The SMILES string of the molecule is CN(N)C(=O)[C@@H](NC(=O)c1ccc(-c2cccc(CNC(=O)c3ccnc(F)c3)c2)o1)C1CCCCC1. The van der Waals surface area contributed by atoms with Crippen LogP contribution >= 0.6 is 0 Å². The molecule has 0 saturated heterocycles. The highest BCUT2D eigenvalue weighted by Crippen LogP contribution is 2.28. The number of amides is 3. The number of hydrazine groups is 1. The van der Waals surface area contributed by atoms with Gasteiger partial charge >= 0.3 is 0 Å². The van der Waals surface area contributed by atoms with E-state index in [1.807, 2.05) is 18.2 Å². The molecule has 0 spiro atoms. The standard InChI is InChI=1S/C27H30FN5O4/c1-33(29)27(36)24(18-7-3-2-4-8-18)32-26(35)22-11-10-21(37-22)19-9-5-6-17(14-19)16-31-25(34)20-12-13-30-23(28)15-20/h5-6,9-15,18,24H,2-4,7-8,16,29H2,1H3,(H,31,34)(H,32,35)/t24-/m0/s1. The normalized spacial score (nSPS) is 14.6. The Bertz CT molecular complexity index is 1270. The second-order valence-electron chi connectivity index (χ2n) is 9.21. The van der Waals surface area contributed by atoms with Gasteiger partial charge in [0.05, 0.1) is 0 Å². The number of carbonyl (C=O) groups excluding carboxylic acids is 3.